The van der Waals surface area contributed by atoms with E-state index in [0.29, 0.717) is 28.0 Å². The van der Waals surface area contributed by atoms with Crippen LogP contribution in [-0.4, -0.2) is 32.3 Å². The Kier molecular flexibility index (Phi) is 3.41. The van der Waals surface area contributed by atoms with Crippen LogP contribution >= 0.6 is 0 Å². The lowest BCUT2D eigenvalue weighted by molar-refractivity contribution is 0.0603. The summed E-state index contributed by atoms with van der Waals surface area (Å²) in [5.41, 5.74) is 6.52. The van der Waals surface area contributed by atoms with Crippen LogP contribution in [0.1, 0.15) is 10.4 Å². The van der Waals surface area contributed by atoms with Crippen LogP contribution in [0.2, 0.25) is 0 Å². The minimum Gasteiger partial charge on any atom is -0.497 e. The van der Waals surface area contributed by atoms with E-state index in [0.717, 1.165) is 0 Å². The van der Waals surface area contributed by atoms with E-state index in [9.17, 15) is 4.79 Å². The summed E-state index contributed by atoms with van der Waals surface area (Å²) in [5, 5.41) is 0.567. The second kappa shape index (κ2) is 5.01. The third kappa shape index (κ3) is 2.24. The average molecular weight is 262 g/mol. The summed E-state index contributed by atoms with van der Waals surface area (Å²) in [7, 11) is 4.35. The van der Waals surface area contributed by atoms with Crippen LogP contribution in [0, 0.1) is 0 Å². The van der Waals surface area contributed by atoms with E-state index in [1.54, 1.807) is 12.1 Å². The number of nitrogen functional groups attached to an aromatic ring is 1. The number of aromatic nitrogens is 1. The van der Waals surface area contributed by atoms with Crippen LogP contribution in [-0.2, 0) is 4.74 Å². The molecule has 0 saturated carbocycles. The van der Waals surface area contributed by atoms with Crippen molar-refractivity contribution in [1.29, 1.82) is 0 Å². The first-order chi connectivity index (χ1) is 9.10. The number of nitrogens with zero attached hydrogens (tertiary/aromatic N) is 1. The van der Waals surface area contributed by atoms with Crippen molar-refractivity contribution in [3.8, 4) is 11.5 Å². The maximum atomic E-state index is 11.8. The number of hydrogen-bond acceptors (Lipinski definition) is 6. The van der Waals surface area contributed by atoms with Gasteiger partial charge in [0.15, 0.2) is 0 Å². The molecule has 19 heavy (non-hydrogen) atoms. The van der Waals surface area contributed by atoms with Gasteiger partial charge in [0.05, 0.1) is 26.9 Å². The summed E-state index contributed by atoms with van der Waals surface area (Å²) >= 11 is 0. The molecule has 0 unspecified atom stereocenters. The summed E-state index contributed by atoms with van der Waals surface area (Å²) in [5.74, 6) is 0.763. The summed E-state index contributed by atoms with van der Waals surface area (Å²) in [6.07, 6.45) is 0. The molecule has 0 aliphatic carbocycles. The standard InChI is InChI=1S/C13H14N2O4/c1-17-7-4-8-9(13(16)19-3)6-11(14)15-12(8)10(5-7)18-2/h4-6H,1-3H3,(H2,14,15). The summed E-state index contributed by atoms with van der Waals surface area (Å²) in [6, 6.07) is 4.83. The van der Waals surface area contributed by atoms with Gasteiger partial charge in [-0.2, -0.15) is 0 Å². The van der Waals surface area contributed by atoms with E-state index >= 15 is 0 Å². The van der Waals surface area contributed by atoms with Crippen molar-refractivity contribution < 1.29 is 19.0 Å². The van der Waals surface area contributed by atoms with Gasteiger partial charge in [-0.1, -0.05) is 0 Å². The Morgan fingerprint density at radius 1 is 1.16 bits per heavy atom. The minimum absolute atomic E-state index is 0.219. The Morgan fingerprint density at radius 3 is 2.47 bits per heavy atom. The van der Waals surface area contributed by atoms with Crippen molar-refractivity contribution in [3.63, 3.8) is 0 Å². The largest absolute Gasteiger partial charge is 0.497 e. The van der Waals surface area contributed by atoms with Crippen LogP contribution in [0.4, 0.5) is 5.82 Å². The highest BCUT2D eigenvalue weighted by molar-refractivity contribution is 6.06. The molecule has 2 N–H and O–H groups in total. The minimum atomic E-state index is -0.491. The van der Waals surface area contributed by atoms with Crippen molar-refractivity contribution in [2.75, 3.05) is 27.1 Å². The molecular formula is C13H14N2O4. The number of carbonyl (C=O) groups excluding carboxylic acids is 1. The number of nitrogens with two attached hydrogens (primary N) is 1. The molecule has 0 aliphatic heterocycles. The predicted molar refractivity (Wildman–Crippen MR) is 70.6 cm³/mol. The molecule has 0 saturated heterocycles. The van der Waals surface area contributed by atoms with Gasteiger partial charge in [-0.3, -0.25) is 0 Å². The molecule has 1 heterocycles. The van der Waals surface area contributed by atoms with Crippen LogP contribution < -0.4 is 15.2 Å². The molecule has 0 spiro atoms. The van der Waals surface area contributed by atoms with Crippen molar-refractivity contribution in [1.82, 2.24) is 4.98 Å². The van der Waals surface area contributed by atoms with Crippen LogP contribution in [0.5, 0.6) is 11.5 Å². The number of hydrogen-bond donors (Lipinski definition) is 1. The number of fused-ring (bicyclic) bond motifs is 1. The van der Waals surface area contributed by atoms with Gasteiger partial charge in [-0.25, -0.2) is 9.78 Å². The second-order valence-electron chi connectivity index (χ2n) is 3.81. The first-order valence-electron chi connectivity index (χ1n) is 5.51. The summed E-state index contributed by atoms with van der Waals surface area (Å²) in [4.78, 5) is 16.0. The normalized spacial score (nSPS) is 10.3. The fourth-order valence-corrected chi connectivity index (χ4v) is 1.84. The number of rotatable bonds is 3. The zero-order chi connectivity index (χ0) is 14.0. The highest BCUT2D eigenvalue weighted by Gasteiger charge is 2.16. The molecule has 6 heteroatoms. The maximum absolute atomic E-state index is 11.8. The lowest BCUT2D eigenvalue weighted by Crippen LogP contribution is -2.05. The molecule has 1 aromatic heterocycles. The van der Waals surface area contributed by atoms with Crippen molar-refractivity contribution in [2.24, 2.45) is 0 Å². The number of carbonyl (C=O) groups is 1. The fourth-order valence-electron chi connectivity index (χ4n) is 1.84. The van der Waals surface area contributed by atoms with Gasteiger partial charge in [0, 0.05) is 11.5 Å². The molecule has 6 nitrogen and oxygen atoms in total. The van der Waals surface area contributed by atoms with Crippen LogP contribution in [0.3, 0.4) is 0 Å². The van der Waals surface area contributed by atoms with Crippen molar-refractivity contribution in [3.05, 3.63) is 23.8 Å². The molecule has 2 rings (SSSR count). The molecule has 0 bridgehead atoms. The fraction of sp³-hybridized carbons (Fsp3) is 0.231. The first-order valence-corrected chi connectivity index (χ1v) is 5.51. The van der Waals surface area contributed by atoms with Gasteiger partial charge in [0.1, 0.15) is 22.8 Å². The predicted octanol–water partition coefficient (Wildman–Crippen LogP) is 1.62. The highest BCUT2D eigenvalue weighted by Crippen LogP contribution is 2.32. The Hall–Kier alpha value is -2.50. The summed E-state index contributed by atoms with van der Waals surface area (Å²) in [6.45, 7) is 0. The van der Waals surface area contributed by atoms with Gasteiger partial charge >= 0.3 is 5.97 Å². The second-order valence-corrected chi connectivity index (χ2v) is 3.81. The Labute approximate surface area is 110 Å². The van der Waals surface area contributed by atoms with Gasteiger partial charge < -0.3 is 19.9 Å². The zero-order valence-electron chi connectivity index (χ0n) is 10.9. The molecule has 0 radical (unpaired) electrons. The van der Waals surface area contributed by atoms with E-state index in [2.05, 4.69) is 4.98 Å². The number of benzene rings is 1. The van der Waals surface area contributed by atoms with E-state index in [1.165, 1.54) is 27.4 Å². The molecule has 0 fully saturated rings. The zero-order valence-corrected chi connectivity index (χ0v) is 10.9. The third-order valence-electron chi connectivity index (χ3n) is 2.73. The number of anilines is 1. The van der Waals surface area contributed by atoms with Gasteiger partial charge in [0.25, 0.3) is 0 Å². The van der Waals surface area contributed by atoms with Crippen molar-refractivity contribution in [2.45, 2.75) is 0 Å². The molecule has 0 atom stereocenters. The summed E-state index contributed by atoms with van der Waals surface area (Å²) < 4.78 is 15.2. The molecule has 2 aromatic rings. The SMILES string of the molecule is COC(=O)c1cc(N)nc2c(OC)cc(OC)cc12. The maximum Gasteiger partial charge on any atom is 0.338 e. The molecule has 0 amide bonds. The Balaban J connectivity index is 2.85. The highest BCUT2D eigenvalue weighted by atomic mass is 16.5. The van der Waals surface area contributed by atoms with Gasteiger partial charge in [-0.05, 0) is 12.1 Å². The van der Waals surface area contributed by atoms with E-state index in [-0.39, 0.29) is 5.82 Å². The molecule has 1 aromatic carbocycles. The lowest BCUT2D eigenvalue weighted by atomic mass is 10.1. The average Bonchev–Trinajstić information content (AvgIpc) is 2.44. The lowest BCUT2D eigenvalue weighted by Gasteiger charge is -2.11. The third-order valence-corrected chi connectivity index (χ3v) is 2.73. The molecular weight excluding hydrogens is 248 g/mol. The first kappa shape index (κ1) is 12.9. The monoisotopic (exact) mass is 262 g/mol. The smallest absolute Gasteiger partial charge is 0.338 e. The van der Waals surface area contributed by atoms with Gasteiger partial charge in [0.2, 0.25) is 0 Å². The van der Waals surface area contributed by atoms with Crippen molar-refractivity contribution >= 4 is 22.7 Å². The topological polar surface area (TPSA) is 83.7 Å². The van der Waals surface area contributed by atoms with Gasteiger partial charge in [-0.15, -0.1) is 0 Å². The Bertz CT molecular complexity index is 640. The van der Waals surface area contributed by atoms with E-state index in [1.807, 2.05) is 0 Å². The molecule has 100 valence electrons. The Morgan fingerprint density at radius 2 is 1.89 bits per heavy atom. The van der Waals surface area contributed by atoms with E-state index < -0.39 is 5.97 Å². The number of ether oxygens (including phenoxy) is 3. The van der Waals surface area contributed by atoms with Crippen LogP contribution in [0.15, 0.2) is 18.2 Å². The quantitative estimate of drug-likeness (QED) is 0.846. The number of esters is 1. The van der Waals surface area contributed by atoms with E-state index in [4.69, 9.17) is 19.9 Å². The van der Waals surface area contributed by atoms with Crippen LogP contribution in [0.25, 0.3) is 10.9 Å². The number of methoxy groups -OCH3 is 3. The number of pyridine rings is 1. The molecule has 0 aliphatic rings.